The predicted octanol–water partition coefficient (Wildman–Crippen LogP) is 8.44. The van der Waals surface area contributed by atoms with Crippen LogP contribution in [-0.4, -0.2) is 53.7 Å². The number of halogens is 7. The molecule has 1 heterocycles. The highest BCUT2D eigenvalue weighted by molar-refractivity contribution is 6.69. The Morgan fingerprint density at radius 2 is 1.14 bits per heavy atom. The van der Waals surface area contributed by atoms with E-state index in [4.69, 9.17) is 69.6 Å². The Labute approximate surface area is 252 Å². The van der Waals surface area contributed by atoms with Crippen molar-refractivity contribution in [2.24, 2.45) is 0 Å². The highest BCUT2D eigenvalue weighted by Gasteiger charge is 2.25. The maximum absolute atomic E-state index is 12.7. The molecule has 0 saturated carbocycles. The number of rotatable bonds is 5. The third-order valence-corrected chi connectivity index (χ3v) is 7.33. The SMILES string of the molecule is Cl.O=C(Cl)c1c(Cl)cccc1Cl.O=C(c1c(Cl)cccc1Cl)N1CCN(CCc2ccc(Cl)cc2)CC1. The quantitative estimate of drug-likeness (QED) is 0.262. The molecule has 3 aromatic carbocycles. The smallest absolute Gasteiger partial charge is 0.256 e. The predicted molar refractivity (Wildman–Crippen MR) is 158 cm³/mol. The first kappa shape index (κ1) is 32.0. The molecule has 1 saturated heterocycles. The highest BCUT2D eigenvalue weighted by Crippen LogP contribution is 2.27. The molecular formula is C26H23Cl7N2O2. The van der Waals surface area contributed by atoms with E-state index in [1.807, 2.05) is 17.0 Å². The summed E-state index contributed by atoms with van der Waals surface area (Å²) in [5, 5.41) is 1.48. The van der Waals surface area contributed by atoms with E-state index in [0.29, 0.717) is 28.7 Å². The van der Waals surface area contributed by atoms with Gasteiger partial charge in [-0.1, -0.05) is 82.3 Å². The number of carbonyl (C=O) groups is 2. The van der Waals surface area contributed by atoms with Gasteiger partial charge >= 0.3 is 0 Å². The highest BCUT2D eigenvalue weighted by atomic mass is 35.5. The lowest BCUT2D eigenvalue weighted by molar-refractivity contribution is 0.0639. The molecule has 0 spiro atoms. The molecule has 0 atom stereocenters. The number of hydrogen-bond acceptors (Lipinski definition) is 3. The fraction of sp³-hybridized carbons (Fsp3) is 0.231. The summed E-state index contributed by atoms with van der Waals surface area (Å²) in [7, 11) is 0. The van der Waals surface area contributed by atoms with Crippen LogP contribution in [0.2, 0.25) is 25.1 Å². The summed E-state index contributed by atoms with van der Waals surface area (Å²) >= 11 is 34.7. The first-order valence-corrected chi connectivity index (χ1v) is 13.3. The maximum Gasteiger partial charge on any atom is 0.256 e. The molecule has 1 aliphatic heterocycles. The normalized spacial score (nSPS) is 13.3. The van der Waals surface area contributed by atoms with Crippen molar-refractivity contribution in [3.05, 3.63) is 102 Å². The minimum absolute atomic E-state index is 0. The molecule has 1 aliphatic rings. The molecule has 0 N–H and O–H groups in total. The van der Waals surface area contributed by atoms with E-state index < -0.39 is 5.24 Å². The van der Waals surface area contributed by atoms with Crippen LogP contribution < -0.4 is 0 Å². The average Bonchev–Trinajstić information content (AvgIpc) is 2.84. The molecule has 0 unspecified atom stereocenters. The van der Waals surface area contributed by atoms with Gasteiger partial charge < -0.3 is 4.90 Å². The summed E-state index contributed by atoms with van der Waals surface area (Å²) in [6.45, 7) is 4.03. The van der Waals surface area contributed by atoms with Crippen LogP contribution in [0.15, 0.2) is 60.7 Å². The molecule has 4 rings (SSSR count). The average molecular weight is 644 g/mol. The number of hydrogen-bond donors (Lipinski definition) is 0. The summed E-state index contributed by atoms with van der Waals surface area (Å²) < 4.78 is 0. The van der Waals surface area contributed by atoms with Crippen LogP contribution in [0.25, 0.3) is 0 Å². The molecule has 0 aliphatic carbocycles. The zero-order valence-electron chi connectivity index (χ0n) is 19.4. The van der Waals surface area contributed by atoms with Crippen molar-refractivity contribution in [1.82, 2.24) is 9.80 Å². The molecule has 1 amide bonds. The fourth-order valence-electron chi connectivity index (χ4n) is 3.66. The van der Waals surface area contributed by atoms with E-state index >= 15 is 0 Å². The third kappa shape index (κ3) is 9.19. The van der Waals surface area contributed by atoms with Gasteiger partial charge in [0.25, 0.3) is 11.1 Å². The zero-order valence-corrected chi connectivity index (χ0v) is 24.8. The molecule has 3 aromatic rings. The minimum atomic E-state index is -0.638. The van der Waals surface area contributed by atoms with Crippen LogP contribution in [0.5, 0.6) is 0 Å². The molecule has 1 fully saturated rings. The van der Waals surface area contributed by atoms with Crippen LogP contribution in [0.4, 0.5) is 0 Å². The topological polar surface area (TPSA) is 40.6 Å². The van der Waals surface area contributed by atoms with E-state index in [0.717, 1.165) is 31.1 Å². The van der Waals surface area contributed by atoms with E-state index in [9.17, 15) is 9.59 Å². The van der Waals surface area contributed by atoms with Gasteiger partial charge in [0.1, 0.15) is 0 Å². The Kier molecular flexibility index (Phi) is 13.3. The zero-order chi connectivity index (χ0) is 26.2. The number of piperazine rings is 1. The Morgan fingerprint density at radius 1 is 0.676 bits per heavy atom. The van der Waals surface area contributed by atoms with Crippen molar-refractivity contribution in [3.8, 4) is 0 Å². The molecular weight excluding hydrogens is 620 g/mol. The van der Waals surface area contributed by atoms with Crippen molar-refractivity contribution in [2.75, 3.05) is 32.7 Å². The second-order valence-corrected chi connectivity index (χ2v) is 10.4. The van der Waals surface area contributed by atoms with Crippen molar-refractivity contribution in [1.29, 1.82) is 0 Å². The number of nitrogens with zero attached hydrogens (tertiary/aromatic N) is 2. The molecule has 0 radical (unpaired) electrons. The van der Waals surface area contributed by atoms with E-state index in [1.54, 1.807) is 36.4 Å². The van der Waals surface area contributed by atoms with Gasteiger partial charge in [0.15, 0.2) is 0 Å². The first-order valence-electron chi connectivity index (χ1n) is 11.0. The van der Waals surface area contributed by atoms with Crippen LogP contribution in [0, 0.1) is 0 Å². The van der Waals surface area contributed by atoms with E-state index in [1.165, 1.54) is 5.56 Å². The lowest BCUT2D eigenvalue weighted by atomic mass is 10.1. The van der Waals surface area contributed by atoms with Crippen LogP contribution >= 0.6 is 82.0 Å². The van der Waals surface area contributed by atoms with Crippen molar-refractivity contribution >= 4 is 93.2 Å². The monoisotopic (exact) mass is 640 g/mol. The lowest BCUT2D eigenvalue weighted by Crippen LogP contribution is -2.49. The van der Waals surface area contributed by atoms with Gasteiger partial charge in [-0.05, 0) is 60.0 Å². The number of benzene rings is 3. The molecule has 0 aromatic heterocycles. The summed E-state index contributed by atoms with van der Waals surface area (Å²) in [4.78, 5) is 27.6. The van der Waals surface area contributed by atoms with Gasteiger partial charge in [0.2, 0.25) is 0 Å². The molecule has 198 valence electrons. The largest absolute Gasteiger partial charge is 0.336 e. The van der Waals surface area contributed by atoms with Gasteiger partial charge in [-0.25, -0.2) is 0 Å². The van der Waals surface area contributed by atoms with E-state index in [2.05, 4.69) is 17.0 Å². The summed E-state index contributed by atoms with van der Waals surface area (Å²) in [6, 6.07) is 17.9. The lowest BCUT2D eigenvalue weighted by Gasteiger charge is -2.35. The van der Waals surface area contributed by atoms with Crippen molar-refractivity contribution < 1.29 is 9.59 Å². The Morgan fingerprint density at radius 3 is 1.57 bits per heavy atom. The summed E-state index contributed by atoms with van der Waals surface area (Å²) in [5.41, 5.74) is 1.84. The summed E-state index contributed by atoms with van der Waals surface area (Å²) in [5.74, 6) is -0.0899. The minimum Gasteiger partial charge on any atom is -0.336 e. The van der Waals surface area contributed by atoms with Gasteiger partial charge in [0, 0.05) is 37.7 Å². The maximum atomic E-state index is 12.7. The second-order valence-electron chi connectivity index (χ2n) is 7.98. The number of carbonyl (C=O) groups excluding carboxylic acids is 2. The van der Waals surface area contributed by atoms with Crippen LogP contribution in [0.1, 0.15) is 26.3 Å². The third-order valence-electron chi connectivity index (χ3n) is 5.63. The van der Waals surface area contributed by atoms with Crippen LogP contribution in [0.3, 0.4) is 0 Å². The van der Waals surface area contributed by atoms with Gasteiger partial charge in [0.05, 0.1) is 31.2 Å². The van der Waals surface area contributed by atoms with Gasteiger partial charge in [-0.3, -0.25) is 14.5 Å². The molecule has 11 heteroatoms. The molecule has 37 heavy (non-hydrogen) atoms. The first-order chi connectivity index (χ1) is 17.2. The Bertz CT molecular complexity index is 1170. The molecule has 4 nitrogen and oxygen atoms in total. The van der Waals surface area contributed by atoms with Gasteiger partial charge in [-0.15, -0.1) is 12.4 Å². The van der Waals surface area contributed by atoms with E-state index in [-0.39, 0.29) is 33.9 Å². The van der Waals surface area contributed by atoms with Crippen LogP contribution in [-0.2, 0) is 6.42 Å². The molecule has 0 bridgehead atoms. The fourth-order valence-corrected chi connectivity index (χ4v) is 5.21. The van der Waals surface area contributed by atoms with Gasteiger partial charge in [-0.2, -0.15) is 0 Å². The Hall–Kier alpha value is -1.21. The summed E-state index contributed by atoms with van der Waals surface area (Å²) in [6.07, 6.45) is 0.974. The Balaban J connectivity index is 0.000000339. The second kappa shape index (κ2) is 15.4. The number of amides is 1. The van der Waals surface area contributed by atoms with Crippen molar-refractivity contribution in [2.45, 2.75) is 6.42 Å². The standard InChI is InChI=1S/C19H19Cl3N2O.C7H3Cl3O.ClH/c20-15-6-4-14(5-7-15)8-9-23-10-12-24(13-11-23)19(25)18-16(21)2-1-3-17(18)22;8-4-2-1-3-5(9)6(4)7(10)11;/h1-7H,8-13H2;1-3H;1H. The van der Waals surface area contributed by atoms with Crippen molar-refractivity contribution in [3.63, 3.8) is 0 Å².